The van der Waals surface area contributed by atoms with Gasteiger partial charge in [-0.3, -0.25) is 19.6 Å². The molecule has 7 nitrogen and oxygen atoms in total. The first-order valence-corrected chi connectivity index (χ1v) is 7.08. The predicted octanol–water partition coefficient (Wildman–Crippen LogP) is 0.657. The molecule has 122 valence electrons. The SMILES string of the molecule is CCC[C@H](CC(N)=O)C(=O)N(O)[C@H](C(=O)NC)C(C)(C)C. The lowest BCUT2D eigenvalue weighted by molar-refractivity contribution is -0.193. The number of nitrogens with two attached hydrogens (primary N) is 1. The van der Waals surface area contributed by atoms with E-state index in [9.17, 15) is 19.6 Å². The van der Waals surface area contributed by atoms with Gasteiger partial charge >= 0.3 is 0 Å². The predicted molar refractivity (Wildman–Crippen MR) is 78.2 cm³/mol. The summed E-state index contributed by atoms with van der Waals surface area (Å²) in [5, 5.41) is 13.1. The van der Waals surface area contributed by atoms with Gasteiger partial charge in [0.15, 0.2) is 0 Å². The van der Waals surface area contributed by atoms with Crippen molar-refractivity contribution in [2.24, 2.45) is 17.1 Å². The third-order valence-electron chi connectivity index (χ3n) is 3.22. The monoisotopic (exact) mass is 301 g/mol. The van der Waals surface area contributed by atoms with Gasteiger partial charge in [0.05, 0.1) is 0 Å². The zero-order chi connectivity index (χ0) is 16.8. The standard InChI is InChI=1S/C14H27N3O4/c1-6-7-9(8-10(15)18)13(20)17(21)11(12(19)16-5)14(2,3)4/h9,11,21H,6-8H2,1-5H3,(H2,15,18)(H,16,19)/t9-,11-/m1/s1. The average molecular weight is 301 g/mol. The highest BCUT2D eigenvalue weighted by Gasteiger charge is 2.40. The number of carbonyl (C=O) groups excluding carboxylic acids is 3. The molecule has 4 N–H and O–H groups in total. The zero-order valence-corrected chi connectivity index (χ0v) is 13.5. The van der Waals surface area contributed by atoms with Crippen molar-refractivity contribution < 1.29 is 19.6 Å². The average Bonchev–Trinajstić information content (AvgIpc) is 2.34. The smallest absolute Gasteiger partial charge is 0.250 e. The molecule has 0 aliphatic carbocycles. The Balaban J connectivity index is 5.30. The van der Waals surface area contributed by atoms with Crippen molar-refractivity contribution >= 4 is 17.7 Å². The lowest BCUT2D eigenvalue weighted by Crippen LogP contribution is -2.55. The fraction of sp³-hybridized carbons (Fsp3) is 0.786. The zero-order valence-electron chi connectivity index (χ0n) is 13.5. The van der Waals surface area contributed by atoms with Gasteiger partial charge in [-0.25, -0.2) is 5.06 Å². The molecule has 2 atom stereocenters. The molecule has 7 heteroatoms. The van der Waals surface area contributed by atoms with E-state index in [0.717, 1.165) is 0 Å². The van der Waals surface area contributed by atoms with E-state index in [1.54, 1.807) is 20.8 Å². The molecule has 21 heavy (non-hydrogen) atoms. The van der Waals surface area contributed by atoms with Crippen LogP contribution in [0.1, 0.15) is 47.0 Å². The summed E-state index contributed by atoms with van der Waals surface area (Å²) in [6.07, 6.45) is 0.940. The Morgan fingerprint density at radius 2 is 1.81 bits per heavy atom. The summed E-state index contributed by atoms with van der Waals surface area (Å²) in [6.45, 7) is 7.09. The first-order valence-electron chi connectivity index (χ1n) is 7.08. The number of hydroxylamine groups is 2. The maximum atomic E-state index is 12.4. The van der Waals surface area contributed by atoms with Crippen molar-refractivity contribution in [3.05, 3.63) is 0 Å². The number of primary amides is 1. The van der Waals surface area contributed by atoms with Crippen LogP contribution in [0, 0.1) is 11.3 Å². The Kier molecular flexibility index (Phi) is 7.35. The molecule has 0 spiro atoms. The highest BCUT2D eigenvalue weighted by molar-refractivity contribution is 5.90. The molecule has 0 aliphatic rings. The minimum absolute atomic E-state index is 0.145. The number of nitrogens with one attached hydrogen (secondary N) is 1. The van der Waals surface area contributed by atoms with Crippen LogP contribution in [0.2, 0.25) is 0 Å². The molecular formula is C14H27N3O4. The van der Waals surface area contributed by atoms with Crippen molar-refractivity contribution in [3.8, 4) is 0 Å². The molecule has 0 bridgehead atoms. The van der Waals surface area contributed by atoms with E-state index in [0.29, 0.717) is 17.9 Å². The maximum absolute atomic E-state index is 12.4. The summed E-state index contributed by atoms with van der Waals surface area (Å²) >= 11 is 0. The molecule has 0 radical (unpaired) electrons. The number of carbonyl (C=O) groups is 3. The van der Waals surface area contributed by atoms with Crippen LogP contribution >= 0.6 is 0 Å². The van der Waals surface area contributed by atoms with Crippen LogP contribution in [0.3, 0.4) is 0 Å². The Labute approximate surface area is 125 Å². The highest BCUT2D eigenvalue weighted by atomic mass is 16.5. The second-order valence-electron chi connectivity index (χ2n) is 6.22. The van der Waals surface area contributed by atoms with Crippen LogP contribution in [0.25, 0.3) is 0 Å². The second-order valence-corrected chi connectivity index (χ2v) is 6.22. The molecule has 0 aromatic carbocycles. The number of hydrogen-bond donors (Lipinski definition) is 3. The molecule has 0 unspecified atom stereocenters. The molecule has 0 heterocycles. The molecule has 0 rings (SSSR count). The quantitative estimate of drug-likeness (QED) is 0.473. The van der Waals surface area contributed by atoms with Crippen LogP contribution in [0.4, 0.5) is 0 Å². The largest absolute Gasteiger partial charge is 0.370 e. The summed E-state index contributed by atoms with van der Waals surface area (Å²) in [6, 6.07) is -1.04. The molecule has 0 aliphatic heterocycles. The van der Waals surface area contributed by atoms with Gasteiger partial charge in [0.2, 0.25) is 17.7 Å². The topological polar surface area (TPSA) is 113 Å². The number of nitrogens with zero attached hydrogens (tertiary/aromatic N) is 1. The van der Waals surface area contributed by atoms with Crippen LogP contribution in [-0.2, 0) is 14.4 Å². The van der Waals surface area contributed by atoms with Crippen LogP contribution in [0.15, 0.2) is 0 Å². The minimum Gasteiger partial charge on any atom is -0.370 e. The van der Waals surface area contributed by atoms with Gasteiger partial charge in [0.1, 0.15) is 6.04 Å². The lowest BCUT2D eigenvalue weighted by Gasteiger charge is -2.36. The third-order valence-corrected chi connectivity index (χ3v) is 3.22. The van der Waals surface area contributed by atoms with E-state index in [-0.39, 0.29) is 6.42 Å². The van der Waals surface area contributed by atoms with E-state index < -0.39 is 35.1 Å². The molecule has 0 saturated heterocycles. The summed E-state index contributed by atoms with van der Waals surface area (Å²) in [5.74, 6) is -2.44. The van der Waals surface area contributed by atoms with Gasteiger partial charge in [-0.1, -0.05) is 34.1 Å². The molecule has 0 saturated carbocycles. The molecular weight excluding hydrogens is 274 g/mol. The van der Waals surface area contributed by atoms with Gasteiger partial charge in [-0.2, -0.15) is 0 Å². The van der Waals surface area contributed by atoms with E-state index in [2.05, 4.69) is 5.32 Å². The summed E-state index contributed by atoms with van der Waals surface area (Å²) in [4.78, 5) is 35.4. The van der Waals surface area contributed by atoms with Gasteiger partial charge < -0.3 is 11.1 Å². The van der Waals surface area contributed by atoms with E-state index in [4.69, 9.17) is 5.73 Å². The van der Waals surface area contributed by atoms with Gasteiger partial charge in [0, 0.05) is 19.4 Å². The number of likely N-dealkylation sites (N-methyl/N-ethyl adjacent to an activating group) is 1. The molecule has 3 amide bonds. The third kappa shape index (κ3) is 5.71. The van der Waals surface area contributed by atoms with Crippen molar-refractivity contribution in [3.63, 3.8) is 0 Å². The van der Waals surface area contributed by atoms with E-state index >= 15 is 0 Å². The Morgan fingerprint density at radius 3 is 2.14 bits per heavy atom. The van der Waals surface area contributed by atoms with Gasteiger partial charge in [-0.05, 0) is 11.8 Å². The normalized spacial score (nSPS) is 14.2. The fourth-order valence-electron chi connectivity index (χ4n) is 2.23. The summed E-state index contributed by atoms with van der Waals surface area (Å²) in [5.41, 5.74) is 4.48. The van der Waals surface area contributed by atoms with Crippen molar-refractivity contribution in [2.45, 2.75) is 53.0 Å². The van der Waals surface area contributed by atoms with Crippen molar-refractivity contribution in [1.82, 2.24) is 10.4 Å². The number of hydrogen-bond acceptors (Lipinski definition) is 4. The highest BCUT2D eigenvalue weighted by Crippen LogP contribution is 2.26. The Bertz CT molecular complexity index is 390. The minimum atomic E-state index is -1.04. The van der Waals surface area contributed by atoms with Crippen LogP contribution < -0.4 is 11.1 Å². The fourth-order valence-corrected chi connectivity index (χ4v) is 2.23. The number of amides is 3. The second kappa shape index (κ2) is 7.97. The molecule has 0 fully saturated rings. The summed E-state index contributed by atoms with van der Waals surface area (Å²) in [7, 11) is 1.44. The first kappa shape index (κ1) is 19.4. The molecule has 0 aromatic heterocycles. The maximum Gasteiger partial charge on any atom is 0.250 e. The molecule has 0 aromatic rings. The number of rotatable bonds is 7. The lowest BCUT2D eigenvalue weighted by atomic mass is 9.85. The van der Waals surface area contributed by atoms with E-state index in [1.165, 1.54) is 7.05 Å². The van der Waals surface area contributed by atoms with Crippen molar-refractivity contribution in [2.75, 3.05) is 7.05 Å². The van der Waals surface area contributed by atoms with Gasteiger partial charge in [-0.15, -0.1) is 0 Å². The van der Waals surface area contributed by atoms with Crippen LogP contribution in [0.5, 0.6) is 0 Å². The van der Waals surface area contributed by atoms with Crippen LogP contribution in [-0.4, -0.2) is 41.1 Å². The first-order chi connectivity index (χ1) is 9.56. The Morgan fingerprint density at radius 1 is 1.29 bits per heavy atom. The summed E-state index contributed by atoms with van der Waals surface area (Å²) < 4.78 is 0. The van der Waals surface area contributed by atoms with E-state index in [1.807, 2.05) is 6.92 Å². The van der Waals surface area contributed by atoms with Crippen molar-refractivity contribution in [1.29, 1.82) is 0 Å². The van der Waals surface area contributed by atoms with Gasteiger partial charge in [0.25, 0.3) is 0 Å². The Hall–Kier alpha value is -1.63.